The van der Waals surface area contributed by atoms with Gasteiger partial charge in [0.2, 0.25) is 0 Å². The van der Waals surface area contributed by atoms with Crippen LogP contribution in [-0.2, 0) is 5.60 Å². The Morgan fingerprint density at radius 1 is 1.50 bits per heavy atom. The quantitative estimate of drug-likeness (QED) is 0.812. The largest absolute Gasteiger partial charge is 0.385 e. The fourth-order valence-electron chi connectivity index (χ4n) is 2.05. The van der Waals surface area contributed by atoms with Gasteiger partial charge in [0.15, 0.2) is 0 Å². The van der Waals surface area contributed by atoms with E-state index in [0.29, 0.717) is 10.9 Å². The summed E-state index contributed by atoms with van der Waals surface area (Å²) in [5.41, 5.74) is 0.320. The lowest BCUT2D eigenvalue weighted by Crippen LogP contribution is -2.27. The van der Waals surface area contributed by atoms with E-state index in [2.05, 4.69) is 0 Å². The lowest BCUT2D eigenvalue weighted by Gasteiger charge is -2.27. The van der Waals surface area contributed by atoms with Gasteiger partial charge in [0.05, 0.1) is 5.60 Å². The highest BCUT2D eigenvalue weighted by atomic mass is 35.5. The molecule has 2 heteroatoms. The van der Waals surface area contributed by atoms with Gasteiger partial charge in [-0.1, -0.05) is 30.7 Å². The first-order valence-corrected chi connectivity index (χ1v) is 5.53. The second kappa shape index (κ2) is 3.56. The highest BCUT2D eigenvalue weighted by Crippen LogP contribution is 2.47. The van der Waals surface area contributed by atoms with Crippen molar-refractivity contribution in [2.75, 3.05) is 0 Å². The molecule has 1 aliphatic carbocycles. The normalized spacial score (nSPS) is 20.5. The maximum Gasteiger partial charge on any atom is 0.0922 e. The maximum atomic E-state index is 10.5. The molecule has 1 saturated carbocycles. The van der Waals surface area contributed by atoms with Gasteiger partial charge < -0.3 is 5.11 Å². The van der Waals surface area contributed by atoms with Crippen molar-refractivity contribution >= 4 is 11.6 Å². The zero-order valence-electron chi connectivity index (χ0n) is 8.33. The third-order valence-corrected chi connectivity index (χ3v) is 3.35. The van der Waals surface area contributed by atoms with Gasteiger partial charge in [0.25, 0.3) is 0 Å². The molecule has 0 saturated heterocycles. The fourth-order valence-corrected chi connectivity index (χ4v) is 2.24. The first-order valence-electron chi connectivity index (χ1n) is 5.15. The summed E-state index contributed by atoms with van der Waals surface area (Å²) in [7, 11) is 0. The van der Waals surface area contributed by atoms with Crippen LogP contribution in [0.3, 0.4) is 0 Å². The molecule has 2 rings (SSSR count). The third kappa shape index (κ3) is 1.67. The molecule has 1 nitrogen and oxygen atoms in total. The van der Waals surface area contributed by atoms with Crippen molar-refractivity contribution in [3.8, 4) is 0 Å². The van der Waals surface area contributed by atoms with Crippen LogP contribution < -0.4 is 0 Å². The van der Waals surface area contributed by atoms with Crippen molar-refractivity contribution in [1.82, 2.24) is 0 Å². The van der Waals surface area contributed by atoms with Crippen molar-refractivity contribution in [1.29, 1.82) is 0 Å². The standard InChI is InChI=1S/C12H15ClO/c1-2-12(14,9-6-7-9)10-4-3-5-11(13)8-10/h3-5,8-9,14H,2,6-7H2,1H3. The van der Waals surface area contributed by atoms with Gasteiger partial charge in [-0.15, -0.1) is 0 Å². The number of hydrogen-bond donors (Lipinski definition) is 1. The molecule has 0 radical (unpaired) electrons. The van der Waals surface area contributed by atoms with Crippen LogP contribution in [0.25, 0.3) is 0 Å². The molecular weight excluding hydrogens is 196 g/mol. The van der Waals surface area contributed by atoms with E-state index in [0.717, 1.165) is 24.8 Å². The summed E-state index contributed by atoms with van der Waals surface area (Å²) < 4.78 is 0. The Hall–Kier alpha value is -0.530. The lowest BCUT2D eigenvalue weighted by molar-refractivity contribution is 0.00891. The molecule has 0 aromatic heterocycles. The maximum absolute atomic E-state index is 10.5. The minimum atomic E-state index is -0.648. The minimum absolute atomic E-state index is 0.436. The SMILES string of the molecule is CCC(O)(c1cccc(Cl)c1)C1CC1. The number of hydrogen-bond acceptors (Lipinski definition) is 1. The van der Waals surface area contributed by atoms with Crippen LogP contribution in [0, 0.1) is 5.92 Å². The molecule has 1 fully saturated rings. The van der Waals surface area contributed by atoms with Crippen molar-refractivity contribution < 1.29 is 5.11 Å². The summed E-state index contributed by atoms with van der Waals surface area (Å²) in [6, 6.07) is 7.59. The Kier molecular flexibility index (Phi) is 2.54. The molecule has 1 N–H and O–H groups in total. The van der Waals surface area contributed by atoms with Crippen LogP contribution in [0.5, 0.6) is 0 Å². The van der Waals surface area contributed by atoms with Gasteiger partial charge in [-0.3, -0.25) is 0 Å². The van der Waals surface area contributed by atoms with Crippen LogP contribution in [0.15, 0.2) is 24.3 Å². The summed E-state index contributed by atoms with van der Waals surface area (Å²) in [5.74, 6) is 0.436. The van der Waals surface area contributed by atoms with Crippen molar-refractivity contribution in [3.05, 3.63) is 34.9 Å². The van der Waals surface area contributed by atoms with Gasteiger partial charge in [0.1, 0.15) is 0 Å². The van der Waals surface area contributed by atoms with Crippen LogP contribution >= 0.6 is 11.6 Å². The molecule has 1 aliphatic rings. The molecule has 1 atom stereocenters. The Morgan fingerprint density at radius 3 is 2.71 bits per heavy atom. The first kappa shape index (κ1) is 10.0. The van der Waals surface area contributed by atoms with Crippen molar-refractivity contribution in [3.63, 3.8) is 0 Å². The topological polar surface area (TPSA) is 20.2 Å². The Labute approximate surface area is 89.7 Å². The van der Waals surface area contributed by atoms with Crippen molar-refractivity contribution in [2.45, 2.75) is 31.8 Å². The molecule has 0 spiro atoms. The molecule has 0 aliphatic heterocycles. The molecular formula is C12H15ClO. The molecule has 0 amide bonds. The molecule has 1 aromatic rings. The van der Waals surface area contributed by atoms with E-state index < -0.39 is 5.60 Å². The van der Waals surface area contributed by atoms with E-state index in [9.17, 15) is 5.11 Å². The summed E-state index contributed by atoms with van der Waals surface area (Å²) in [4.78, 5) is 0. The summed E-state index contributed by atoms with van der Waals surface area (Å²) in [6.07, 6.45) is 3.03. The van der Waals surface area contributed by atoms with Gasteiger partial charge in [0, 0.05) is 5.02 Å². The van der Waals surface area contributed by atoms with Gasteiger partial charge in [-0.2, -0.15) is 0 Å². The molecule has 0 bridgehead atoms. The smallest absolute Gasteiger partial charge is 0.0922 e. The van der Waals surface area contributed by atoms with Gasteiger partial charge in [-0.25, -0.2) is 0 Å². The molecule has 0 heterocycles. The predicted octanol–water partition coefficient (Wildman–Crippen LogP) is 3.35. The monoisotopic (exact) mass is 210 g/mol. The zero-order chi connectivity index (χ0) is 10.2. The average molecular weight is 211 g/mol. The second-order valence-electron chi connectivity index (χ2n) is 4.06. The fraction of sp³-hybridized carbons (Fsp3) is 0.500. The summed E-state index contributed by atoms with van der Waals surface area (Å²) in [5, 5.41) is 11.2. The number of benzene rings is 1. The van der Waals surface area contributed by atoms with Gasteiger partial charge >= 0.3 is 0 Å². The summed E-state index contributed by atoms with van der Waals surface area (Å²) >= 11 is 5.92. The average Bonchev–Trinajstić information content (AvgIpc) is 3.00. The highest BCUT2D eigenvalue weighted by Gasteiger charge is 2.43. The number of aliphatic hydroxyl groups is 1. The van der Waals surface area contributed by atoms with E-state index in [1.807, 2.05) is 31.2 Å². The Balaban J connectivity index is 2.35. The minimum Gasteiger partial charge on any atom is -0.385 e. The summed E-state index contributed by atoms with van der Waals surface area (Å²) in [6.45, 7) is 2.03. The zero-order valence-corrected chi connectivity index (χ0v) is 9.09. The van der Waals surface area contributed by atoms with Crippen LogP contribution in [-0.4, -0.2) is 5.11 Å². The van der Waals surface area contributed by atoms with E-state index in [1.165, 1.54) is 0 Å². The predicted molar refractivity (Wildman–Crippen MR) is 58.4 cm³/mol. The van der Waals surface area contributed by atoms with Crippen LogP contribution in [0.1, 0.15) is 31.7 Å². The van der Waals surface area contributed by atoms with E-state index in [-0.39, 0.29) is 0 Å². The van der Waals surface area contributed by atoms with Crippen LogP contribution in [0.2, 0.25) is 5.02 Å². The van der Waals surface area contributed by atoms with E-state index >= 15 is 0 Å². The Morgan fingerprint density at radius 2 is 2.21 bits per heavy atom. The van der Waals surface area contributed by atoms with Gasteiger partial charge in [-0.05, 0) is 42.9 Å². The second-order valence-corrected chi connectivity index (χ2v) is 4.50. The van der Waals surface area contributed by atoms with E-state index in [4.69, 9.17) is 11.6 Å². The molecule has 1 aromatic carbocycles. The molecule has 76 valence electrons. The molecule has 14 heavy (non-hydrogen) atoms. The van der Waals surface area contributed by atoms with Crippen LogP contribution in [0.4, 0.5) is 0 Å². The first-order chi connectivity index (χ1) is 6.66. The highest BCUT2D eigenvalue weighted by molar-refractivity contribution is 6.30. The third-order valence-electron chi connectivity index (χ3n) is 3.12. The molecule has 1 unspecified atom stereocenters. The number of rotatable bonds is 3. The van der Waals surface area contributed by atoms with Crippen molar-refractivity contribution in [2.24, 2.45) is 5.92 Å². The lowest BCUT2D eigenvalue weighted by atomic mass is 9.86. The van der Waals surface area contributed by atoms with E-state index in [1.54, 1.807) is 0 Å². The number of halogens is 1. The Bertz CT molecular complexity index is 333.